The molecule has 0 bridgehead atoms. The number of hydrogen-bond acceptors (Lipinski definition) is 3. The van der Waals surface area contributed by atoms with Crippen molar-refractivity contribution >= 4 is 28.8 Å². The molecule has 0 radical (unpaired) electrons. The summed E-state index contributed by atoms with van der Waals surface area (Å²) in [4.78, 5) is 14.2. The van der Waals surface area contributed by atoms with E-state index in [0.717, 1.165) is 6.54 Å². The van der Waals surface area contributed by atoms with Gasteiger partial charge in [-0.2, -0.15) is 0 Å². The summed E-state index contributed by atoms with van der Waals surface area (Å²) < 4.78 is 12.7. The summed E-state index contributed by atoms with van der Waals surface area (Å²) in [5, 5.41) is 2.71. The Labute approximate surface area is 117 Å². The minimum absolute atomic E-state index is 0.142. The van der Waals surface area contributed by atoms with Crippen molar-refractivity contribution in [1.29, 1.82) is 0 Å². The molecule has 0 unspecified atom stereocenters. The van der Waals surface area contributed by atoms with Crippen LogP contribution in [0.5, 0.6) is 0 Å². The lowest BCUT2D eigenvalue weighted by atomic mass is 10.3. The molecule has 3 N–H and O–H groups in total. The molecule has 0 atom stereocenters. The van der Waals surface area contributed by atoms with E-state index in [1.54, 1.807) is 0 Å². The Morgan fingerprint density at radius 1 is 1.42 bits per heavy atom. The number of nitrogens with two attached hydrogens (primary N) is 1. The van der Waals surface area contributed by atoms with Gasteiger partial charge in [-0.15, -0.1) is 0 Å². The van der Waals surface area contributed by atoms with Gasteiger partial charge in [0.1, 0.15) is 5.82 Å². The summed E-state index contributed by atoms with van der Waals surface area (Å²) >= 11 is 4.81. The van der Waals surface area contributed by atoms with Crippen molar-refractivity contribution in [3.63, 3.8) is 0 Å². The van der Waals surface area contributed by atoms with E-state index in [0.29, 0.717) is 23.6 Å². The van der Waals surface area contributed by atoms with E-state index in [4.69, 9.17) is 18.0 Å². The molecular formula is C13H18FN3OS. The Balaban J connectivity index is 2.44. The van der Waals surface area contributed by atoms with Crippen molar-refractivity contribution in [1.82, 2.24) is 4.90 Å². The first-order valence-corrected chi connectivity index (χ1v) is 6.48. The molecule has 0 saturated heterocycles. The average Bonchev–Trinajstić information content (AvgIpc) is 2.37. The van der Waals surface area contributed by atoms with Crippen LogP contribution in [0.4, 0.5) is 10.1 Å². The van der Waals surface area contributed by atoms with Crippen LogP contribution < -0.4 is 11.1 Å². The van der Waals surface area contributed by atoms with Crippen molar-refractivity contribution in [2.45, 2.75) is 13.3 Å². The highest BCUT2D eigenvalue weighted by Crippen LogP contribution is 2.08. The van der Waals surface area contributed by atoms with E-state index in [-0.39, 0.29) is 18.3 Å². The monoisotopic (exact) mass is 283 g/mol. The summed E-state index contributed by atoms with van der Waals surface area (Å²) in [5.74, 6) is -0.471. The summed E-state index contributed by atoms with van der Waals surface area (Å²) in [6.07, 6.45) is 0.590. The third-order valence-corrected chi connectivity index (χ3v) is 2.82. The highest BCUT2D eigenvalue weighted by molar-refractivity contribution is 7.80. The molecule has 0 saturated carbocycles. The van der Waals surface area contributed by atoms with Gasteiger partial charge in [0.05, 0.1) is 11.5 Å². The highest BCUT2D eigenvalue weighted by atomic mass is 32.1. The maximum atomic E-state index is 12.7. The molecular weight excluding hydrogens is 265 g/mol. The minimum Gasteiger partial charge on any atom is -0.393 e. The predicted octanol–water partition coefficient (Wildman–Crippen LogP) is 1.76. The number of thiocarbonyl (C=S) groups is 1. The third-order valence-electron chi connectivity index (χ3n) is 2.62. The summed E-state index contributed by atoms with van der Waals surface area (Å²) in [5.41, 5.74) is 6.01. The fourth-order valence-corrected chi connectivity index (χ4v) is 1.65. The number of benzene rings is 1. The quantitative estimate of drug-likeness (QED) is 0.749. The van der Waals surface area contributed by atoms with E-state index in [1.807, 2.05) is 11.8 Å². The zero-order valence-corrected chi connectivity index (χ0v) is 11.7. The second-order valence-electron chi connectivity index (χ2n) is 4.14. The van der Waals surface area contributed by atoms with Gasteiger partial charge in [0.25, 0.3) is 0 Å². The Kier molecular flexibility index (Phi) is 6.38. The highest BCUT2D eigenvalue weighted by Gasteiger charge is 2.09. The number of carbonyl (C=O) groups excluding carboxylic acids is 1. The zero-order chi connectivity index (χ0) is 14.3. The van der Waals surface area contributed by atoms with Gasteiger partial charge in [-0.1, -0.05) is 19.1 Å². The van der Waals surface area contributed by atoms with Gasteiger partial charge >= 0.3 is 0 Å². The number of anilines is 1. The lowest BCUT2D eigenvalue weighted by molar-refractivity contribution is -0.117. The van der Waals surface area contributed by atoms with Crippen molar-refractivity contribution in [2.24, 2.45) is 5.73 Å². The number of amides is 1. The second kappa shape index (κ2) is 7.81. The molecule has 0 aliphatic carbocycles. The lowest BCUT2D eigenvalue weighted by Crippen LogP contribution is -2.35. The van der Waals surface area contributed by atoms with Gasteiger partial charge in [-0.3, -0.25) is 9.69 Å². The normalized spacial score (nSPS) is 10.5. The summed E-state index contributed by atoms with van der Waals surface area (Å²) in [6.45, 7) is 3.61. The van der Waals surface area contributed by atoms with Gasteiger partial charge in [0.15, 0.2) is 0 Å². The van der Waals surface area contributed by atoms with Crippen LogP contribution in [0.2, 0.25) is 0 Å². The lowest BCUT2D eigenvalue weighted by Gasteiger charge is -2.19. The van der Waals surface area contributed by atoms with Crippen molar-refractivity contribution in [3.8, 4) is 0 Å². The number of rotatable bonds is 7. The number of halogens is 1. The second-order valence-corrected chi connectivity index (χ2v) is 4.66. The van der Waals surface area contributed by atoms with Crippen LogP contribution in [0.15, 0.2) is 24.3 Å². The van der Waals surface area contributed by atoms with Crippen molar-refractivity contribution in [2.75, 3.05) is 25.0 Å². The summed E-state index contributed by atoms with van der Waals surface area (Å²) in [6, 6.07) is 5.66. The molecule has 6 heteroatoms. The fourth-order valence-electron chi connectivity index (χ4n) is 1.55. The van der Waals surface area contributed by atoms with Gasteiger partial charge < -0.3 is 11.1 Å². The van der Waals surface area contributed by atoms with Crippen LogP contribution in [0.1, 0.15) is 13.3 Å². The first-order chi connectivity index (χ1) is 9.01. The molecule has 0 aliphatic heterocycles. The molecule has 1 amide bonds. The Morgan fingerprint density at radius 3 is 2.58 bits per heavy atom. The van der Waals surface area contributed by atoms with Gasteiger partial charge in [0, 0.05) is 18.7 Å². The molecule has 0 fully saturated rings. The SMILES string of the molecule is CCN(CCC(N)=S)CC(=O)Nc1ccc(F)cc1. The van der Waals surface area contributed by atoms with Crippen molar-refractivity contribution in [3.05, 3.63) is 30.1 Å². The average molecular weight is 283 g/mol. The van der Waals surface area contributed by atoms with Gasteiger partial charge in [-0.25, -0.2) is 4.39 Å². The topological polar surface area (TPSA) is 58.4 Å². The van der Waals surface area contributed by atoms with Gasteiger partial charge in [0.2, 0.25) is 5.91 Å². The van der Waals surface area contributed by atoms with E-state index in [2.05, 4.69) is 5.32 Å². The summed E-state index contributed by atoms with van der Waals surface area (Å²) in [7, 11) is 0. The molecule has 0 aromatic heterocycles. The zero-order valence-electron chi connectivity index (χ0n) is 10.9. The van der Waals surface area contributed by atoms with Crippen LogP contribution >= 0.6 is 12.2 Å². The van der Waals surface area contributed by atoms with Crippen LogP contribution in [0.25, 0.3) is 0 Å². The molecule has 104 valence electrons. The Hall–Kier alpha value is -1.53. The van der Waals surface area contributed by atoms with Crippen LogP contribution in [-0.2, 0) is 4.79 Å². The largest absolute Gasteiger partial charge is 0.393 e. The van der Waals surface area contributed by atoms with E-state index in [1.165, 1.54) is 24.3 Å². The molecule has 1 rings (SSSR count). The number of hydrogen-bond donors (Lipinski definition) is 2. The molecule has 19 heavy (non-hydrogen) atoms. The molecule has 4 nitrogen and oxygen atoms in total. The van der Waals surface area contributed by atoms with Crippen molar-refractivity contribution < 1.29 is 9.18 Å². The first kappa shape index (κ1) is 15.5. The van der Waals surface area contributed by atoms with E-state index in [9.17, 15) is 9.18 Å². The standard InChI is InChI=1S/C13H18FN3OS/c1-2-17(8-7-12(15)19)9-13(18)16-11-5-3-10(14)4-6-11/h3-6H,2,7-9H2,1H3,(H2,15,19)(H,16,18). The molecule has 1 aromatic rings. The molecule has 0 heterocycles. The molecule has 1 aromatic carbocycles. The van der Waals surface area contributed by atoms with Gasteiger partial charge in [-0.05, 0) is 30.8 Å². The number of nitrogens with one attached hydrogen (secondary N) is 1. The smallest absolute Gasteiger partial charge is 0.238 e. The van der Waals surface area contributed by atoms with Crippen LogP contribution in [0, 0.1) is 5.82 Å². The third kappa shape index (κ3) is 6.26. The Bertz CT molecular complexity index is 436. The maximum absolute atomic E-state index is 12.7. The maximum Gasteiger partial charge on any atom is 0.238 e. The fraction of sp³-hybridized carbons (Fsp3) is 0.385. The van der Waals surface area contributed by atoms with E-state index < -0.39 is 0 Å². The Morgan fingerprint density at radius 2 is 2.05 bits per heavy atom. The minimum atomic E-state index is -0.329. The number of nitrogens with zero attached hydrogens (tertiary/aromatic N) is 1. The van der Waals surface area contributed by atoms with Crippen LogP contribution in [-0.4, -0.2) is 35.4 Å². The first-order valence-electron chi connectivity index (χ1n) is 6.07. The molecule has 0 spiro atoms. The predicted molar refractivity (Wildman–Crippen MR) is 78.5 cm³/mol. The number of likely N-dealkylation sites (N-methyl/N-ethyl adjacent to an activating group) is 1. The number of carbonyl (C=O) groups is 1. The molecule has 0 aliphatic rings. The van der Waals surface area contributed by atoms with Crippen LogP contribution in [0.3, 0.4) is 0 Å². The van der Waals surface area contributed by atoms with E-state index >= 15 is 0 Å².